The smallest absolute Gasteiger partial charge is 0.313 e. The van der Waals surface area contributed by atoms with Crippen LogP contribution in [0.15, 0.2) is 54.7 Å². The Morgan fingerprint density at radius 3 is 2.65 bits per heavy atom. The van der Waals surface area contributed by atoms with E-state index in [9.17, 15) is 23.6 Å². The first-order valence-electron chi connectivity index (χ1n) is 16.0. The maximum Gasteiger partial charge on any atom is 0.313 e. The maximum absolute atomic E-state index is 14.7. The van der Waals surface area contributed by atoms with Gasteiger partial charge in [-0.2, -0.15) is 0 Å². The second-order valence-corrected chi connectivity index (χ2v) is 13.6. The number of Topliss-reactive ketones (excluding diaryl/α,β-unsaturated/α-hetero) is 1. The molecule has 49 heavy (non-hydrogen) atoms. The van der Waals surface area contributed by atoms with Crippen LogP contribution in [0, 0.1) is 18.7 Å². The lowest BCUT2D eigenvalue weighted by molar-refractivity contribution is -0.156. The summed E-state index contributed by atoms with van der Waals surface area (Å²) in [4.78, 5) is 56.4. The molecule has 0 saturated heterocycles. The van der Waals surface area contributed by atoms with Gasteiger partial charge in [0.2, 0.25) is 5.91 Å². The number of nitrogens with zero attached hydrogens (tertiary/aromatic N) is 4. The van der Waals surface area contributed by atoms with Crippen molar-refractivity contribution in [3.05, 3.63) is 88.2 Å². The van der Waals surface area contributed by atoms with Crippen molar-refractivity contribution in [1.82, 2.24) is 25.3 Å². The van der Waals surface area contributed by atoms with Crippen molar-refractivity contribution in [3.8, 4) is 16.8 Å². The van der Waals surface area contributed by atoms with Crippen molar-refractivity contribution in [2.24, 2.45) is 5.92 Å². The summed E-state index contributed by atoms with van der Waals surface area (Å²) in [5.74, 6) is -2.63. The van der Waals surface area contributed by atoms with Gasteiger partial charge in [-0.3, -0.25) is 24.2 Å². The van der Waals surface area contributed by atoms with Crippen molar-refractivity contribution >= 4 is 40.9 Å². The maximum atomic E-state index is 14.7. The number of hydrogen-bond donors (Lipinski definition) is 2. The summed E-state index contributed by atoms with van der Waals surface area (Å²) >= 11 is 5.96. The van der Waals surface area contributed by atoms with Gasteiger partial charge < -0.3 is 15.4 Å². The van der Waals surface area contributed by atoms with Crippen LogP contribution in [0.3, 0.4) is 0 Å². The third-order valence-corrected chi connectivity index (χ3v) is 8.40. The minimum absolute atomic E-state index is 0.0123. The standard InChI is InChI=1S/C36H38ClFN6O5/c1-20-8-6-10-27(40-35(48)33-21(2)44(43-42-33)30-11-7-9-26(37)32(30)38)29-18-23(14-15-39-29)25-13-12-22(17-28(25)41-34(20)47)16-24(45)19-31(46)49-36(3,4)5/h7,9,11-15,17-18,20,27H,6,8,10,16,19H2,1-5H3,(H,40,48)(H,41,47)/t20-,27+/m1/s1. The second-order valence-electron chi connectivity index (χ2n) is 13.2. The highest BCUT2D eigenvalue weighted by Crippen LogP contribution is 2.33. The van der Waals surface area contributed by atoms with Gasteiger partial charge in [-0.05, 0) is 82.0 Å². The zero-order valence-electron chi connectivity index (χ0n) is 28.0. The van der Waals surface area contributed by atoms with Crippen LogP contribution in [0.2, 0.25) is 5.02 Å². The molecular formula is C36H38ClFN6O5. The number of fused-ring (bicyclic) bond motifs is 4. The number of ether oxygens (including phenoxy) is 1. The largest absolute Gasteiger partial charge is 0.460 e. The highest BCUT2D eigenvalue weighted by Gasteiger charge is 2.26. The number of benzene rings is 2. The molecule has 2 bridgehead atoms. The summed E-state index contributed by atoms with van der Waals surface area (Å²) in [6.07, 6.45) is 2.88. The fraction of sp³-hybridized carbons (Fsp3) is 0.361. The lowest BCUT2D eigenvalue weighted by Crippen LogP contribution is -2.30. The average Bonchev–Trinajstić information content (AvgIpc) is 3.41. The quantitative estimate of drug-likeness (QED) is 0.165. The second kappa shape index (κ2) is 14.7. The lowest BCUT2D eigenvalue weighted by Gasteiger charge is -2.22. The van der Waals surface area contributed by atoms with Gasteiger partial charge in [0.25, 0.3) is 5.91 Å². The van der Waals surface area contributed by atoms with Crippen LogP contribution in [0.25, 0.3) is 16.8 Å². The Morgan fingerprint density at radius 2 is 1.90 bits per heavy atom. The van der Waals surface area contributed by atoms with E-state index in [0.29, 0.717) is 47.5 Å². The Kier molecular flexibility index (Phi) is 10.6. The fourth-order valence-corrected chi connectivity index (χ4v) is 5.82. The Labute approximate surface area is 288 Å². The molecule has 13 heteroatoms. The number of pyridine rings is 1. The molecule has 11 nitrogen and oxygen atoms in total. The topological polar surface area (TPSA) is 145 Å². The molecule has 256 valence electrons. The van der Waals surface area contributed by atoms with Crippen LogP contribution in [0.5, 0.6) is 0 Å². The van der Waals surface area contributed by atoms with E-state index in [1.165, 1.54) is 16.8 Å². The molecule has 1 aliphatic heterocycles. The molecule has 2 N–H and O–H groups in total. The number of halogens is 2. The summed E-state index contributed by atoms with van der Waals surface area (Å²) in [6, 6.07) is 12.9. The van der Waals surface area contributed by atoms with Crippen molar-refractivity contribution in [1.29, 1.82) is 0 Å². The number of hydrogen-bond acceptors (Lipinski definition) is 8. The minimum atomic E-state index is -0.696. The van der Waals surface area contributed by atoms with E-state index >= 15 is 0 Å². The van der Waals surface area contributed by atoms with Crippen molar-refractivity contribution in [2.75, 3.05) is 5.32 Å². The normalized spacial score (nSPS) is 16.4. The van der Waals surface area contributed by atoms with Crippen molar-refractivity contribution in [2.45, 2.75) is 78.4 Å². The minimum Gasteiger partial charge on any atom is -0.460 e. The molecule has 2 amide bonds. The van der Waals surface area contributed by atoms with Crippen LogP contribution in [-0.2, 0) is 25.5 Å². The fourth-order valence-electron chi connectivity index (χ4n) is 5.65. The molecule has 4 aromatic rings. The molecule has 2 aromatic heterocycles. The van der Waals surface area contributed by atoms with E-state index in [4.69, 9.17) is 16.3 Å². The molecule has 0 saturated carbocycles. The van der Waals surface area contributed by atoms with E-state index in [0.717, 1.165) is 5.56 Å². The number of rotatable bonds is 7. The predicted octanol–water partition coefficient (Wildman–Crippen LogP) is 6.50. The number of aromatic nitrogens is 4. The van der Waals surface area contributed by atoms with Gasteiger partial charge in [-0.1, -0.05) is 48.4 Å². The lowest BCUT2D eigenvalue weighted by atomic mass is 9.94. The number of esters is 1. The van der Waals surface area contributed by atoms with Crippen molar-refractivity contribution < 1.29 is 28.3 Å². The van der Waals surface area contributed by atoms with E-state index in [2.05, 4.69) is 25.9 Å². The summed E-state index contributed by atoms with van der Waals surface area (Å²) in [5, 5.41) is 14.0. The number of carbonyl (C=O) groups is 4. The molecule has 0 fully saturated rings. The van der Waals surface area contributed by atoms with Gasteiger partial charge in [0.1, 0.15) is 23.5 Å². The first-order chi connectivity index (χ1) is 23.2. The third-order valence-electron chi connectivity index (χ3n) is 8.11. The SMILES string of the molecule is Cc1c(C(=O)N[C@H]2CCC[C@@H](C)C(=O)Nc3cc(CC(=O)CC(=O)OC(C)(C)C)ccc3-c3ccnc2c3)nnn1-c1cccc(Cl)c1F. The zero-order chi connectivity index (χ0) is 35.5. The van der Waals surface area contributed by atoms with Gasteiger partial charge in [-0.15, -0.1) is 5.10 Å². The first-order valence-corrected chi connectivity index (χ1v) is 16.4. The van der Waals surface area contributed by atoms with E-state index in [1.807, 2.05) is 19.1 Å². The number of ketones is 1. The van der Waals surface area contributed by atoms with Crippen LogP contribution in [0.1, 0.15) is 86.9 Å². The molecular weight excluding hydrogens is 651 g/mol. The molecule has 0 aliphatic carbocycles. The predicted molar refractivity (Wildman–Crippen MR) is 182 cm³/mol. The van der Waals surface area contributed by atoms with Gasteiger partial charge in [0.05, 0.1) is 22.5 Å². The monoisotopic (exact) mass is 688 g/mol. The molecule has 2 aromatic carbocycles. The Morgan fingerprint density at radius 1 is 1.12 bits per heavy atom. The summed E-state index contributed by atoms with van der Waals surface area (Å²) < 4.78 is 21.2. The molecule has 0 unspecified atom stereocenters. The van der Waals surface area contributed by atoms with Gasteiger partial charge in [0.15, 0.2) is 11.5 Å². The molecule has 5 rings (SSSR count). The molecule has 0 radical (unpaired) electrons. The molecule has 0 spiro atoms. The zero-order valence-corrected chi connectivity index (χ0v) is 28.7. The Bertz CT molecular complexity index is 1920. The average molecular weight is 689 g/mol. The Hall–Kier alpha value is -4.97. The van der Waals surface area contributed by atoms with Crippen LogP contribution in [-0.4, -0.2) is 49.1 Å². The highest BCUT2D eigenvalue weighted by atomic mass is 35.5. The number of nitrogens with one attached hydrogen (secondary N) is 2. The van der Waals surface area contributed by atoms with E-state index in [1.54, 1.807) is 58.2 Å². The summed E-state index contributed by atoms with van der Waals surface area (Å²) in [7, 11) is 0. The Balaban J connectivity index is 1.42. The number of carbonyl (C=O) groups excluding carboxylic acids is 4. The first kappa shape index (κ1) is 35.3. The van der Waals surface area contributed by atoms with Gasteiger partial charge >= 0.3 is 5.97 Å². The number of anilines is 1. The van der Waals surface area contributed by atoms with Crippen molar-refractivity contribution in [3.63, 3.8) is 0 Å². The molecule has 2 atom stereocenters. The van der Waals surface area contributed by atoms with Crippen LogP contribution >= 0.6 is 11.6 Å². The highest BCUT2D eigenvalue weighted by molar-refractivity contribution is 6.30. The number of amides is 2. The van der Waals surface area contributed by atoms with Gasteiger partial charge in [0, 0.05) is 29.8 Å². The summed E-state index contributed by atoms with van der Waals surface area (Å²) in [6.45, 7) is 8.67. The van der Waals surface area contributed by atoms with Crippen LogP contribution < -0.4 is 10.6 Å². The summed E-state index contributed by atoms with van der Waals surface area (Å²) in [5.41, 5.74) is 2.89. The molecule has 1 aliphatic rings. The van der Waals surface area contributed by atoms with E-state index in [-0.39, 0.29) is 46.9 Å². The van der Waals surface area contributed by atoms with E-state index < -0.39 is 29.3 Å². The van der Waals surface area contributed by atoms with Gasteiger partial charge in [-0.25, -0.2) is 9.07 Å². The third kappa shape index (κ3) is 8.55. The van der Waals surface area contributed by atoms with Crippen LogP contribution in [0.4, 0.5) is 10.1 Å². The molecule has 3 heterocycles.